The third-order valence-electron chi connectivity index (χ3n) is 5.28. The Morgan fingerprint density at radius 2 is 1.09 bits per heavy atom. The van der Waals surface area contributed by atoms with E-state index < -0.39 is 17.9 Å². The minimum Gasteiger partial charge on any atom is -0.480 e. The van der Waals surface area contributed by atoms with Gasteiger partial charge in [-0.1, -0.05) is 0 Å². The van der Waals surface area contributed by atoms with E-state index >= 15 is 0 Å². The molecule has 1 heterocycles. The average Bonchev–Trinajstić information content (AvgIpc) is 2.66. The van der Waals surface area contributed by atoms with Gasteiger partial charge < -0.3 is 26.8 Å². The van der Waals surface area contributed by atoms with Gasteiger partial charge in [0.05, 0.1) is 19.6 Å². The maximum Gasteiger partial charge on any atom is 0.317 e. The molecule has 1 saturated heterocycles. The molecule has 13 heteroatoms. The summed E-state index contributed by atoms with van der Waals surface area (Å²) in [5, 5.41) is 27.7. The third-order valence-corrected chi connectivity index (χ3v) is 5.28. The van der Waals surface area contributed by atoms with Crippen LogP contribution in [0, 0.1) is 0 Å². The van der Waals surface area contributed by atoms with Crippen molar-refractivity contribution < 1.29 is 29.7 Å². The highest BCUT2D eigenvalue weighted by Gasteiger charge is 2.20. The minimum atomic E-state index is -0.988. The lowest BCUT2D eigenvalue weighted by atomic mass is 10.2. The van der Waals surface area contributed by atoms with E-state index in [2.05, 4.69) is 9.89 Å². The molecular weight excluding hydrogens is 422 g/mol. The van der Waals surface area contributed by atoms with Crippen molar-refractivity contribution in [2.45, 2.75) is 25.9 Å². The van der Waals surface area contributed by atoms with Gasteiger partial charge in [-0.3, -0.25) is 34.0 Å². The first-order chi connectivity index (χ1) is 15.1. The molecule has 184 valence electrons. The van der Waals surface area contributed by atoms with Crippen molar-refractivity contribution in [1.29, 1.82) is 0 Å². The van der Waals surface area contributed by atoms with Crippen molar-refractivity contribution in [3.05, 3.63) is 0 Å². The molecule has 0 spiro atoms. The van der Waals surface area contributed by atoms with Crippen molar-refractivity contribution in [3.63, 3.8) is 0 Å². The Labute approximate surface area is 188 Å². The van der Waals surface area contributed by atoms with Crippen LogP contribution < -0.4 is 11.5 Å². The van der Waals surface area contributed by atoms with Crippen LogP contribution in [-0.2, 0) is 14.4 Å². The van der Waals surface area contributed by atoms with Crippen molar-refractivity contribution in [1.82, 2.24) is 19.6 Å². The summed E-state index contributed by atoms with van der Waals surface area (Å²) < 4.78 is 0. The van der Waals surface area contributed by atoms with Gasteiger partial charge in [-0.05, 0) is 26.3 Å². The second-order valence-electron chi connectivity index (χ2n) is 7.94. The van der Waals surface area contributed by atoms with E-state index in [0.717, 1.165) is 12.8 Å². The van der Waals surface area contributed by atoms with Crippen LogP contribution in [0.4, 0.5) is 0 Å². The van der Waals surface area contributed by atoms with E-state index in [0.29, 0.717) is 52.4 Å². The Balaban J connectivity index is 3.00. The van der Waals surface area contributed by atoms with Crippen molar-refractivity contribution in [2.75, 3.05) is 72.0 Å². The number of guanidine groups is 1. The highest BCUT2D eigenvalue weighted by atomic mass is 16.4. The largest absolute Gasteiger partial charge is 0.480 e. The van der Waals surface area contributed by atoms with Gasteiger partial charge >= 0.3 is 17.9 Å². The SMILES string of the molecule is CC(N=C(N)N)N1CCCCN(CC(=O)O)CCN(CC(=O)O)CCN(CC(=O)O)CC1. The summed E-state index contributed by atoms with van der Waals surface area (Å²) in [6, 6.07) is 0. The molecule has 0 bridgehead atoms. The highest BCUT2D eigenvalue weighted by molar-refractivity contribution is 5.75. The molecule has 1 aliphatic heterocycles. The van der Waals surface area contributed by atoms with Gasteiger partial charge in [-0.2, -0.15) is 0 Å². The number of hydrogen-bond donors (Lipinski definition) is 5. The number of carboxylic acid groups (broad SMARTS) is 3. The number of carbonyl (C=O) groups is 3. The Morgan fingerprint density at radius 1 is 0.719 bits per heavy atom. The third kappa shape index (κ3) is 12.4. The molecule has 13 nitrogen and oxygen atoms in total. The van der Waals surface area contributed by atoms with E-state index in [9.17, 15) is 29.7 Å². The number of aliphatic imine (C=N–C) groups is 1. The van der Waals surface area contributed by atoms with Crippen LogP contribution in [0.3, 0.4) is 0 Å². The van der Waals surface area contributed by atoms with E-state index in [1.165, 1.54) is 0 Å². The lowest BCUT2D eigenvalue weighted by Crippen LogP contribution is -2.47. The molecule has 1 rings (SSSR count). The summed E-state index contributed by atoms with van der Waals surface area (Å²) in [6.07, 6.45) is 1.23. The molecule has 0 radical (unpaired) electrons. The number of hydrogen-bond acceptors (Lipinski definition) is 8. The van der Waals surface area contributed by atoms with Crippen LogP contribution in [0.15, 0.2) is 4.99 Å². The maximum atomic E-state index is 11.3. The van der Waals surface area contributed by atoms with E-state index in [4.69, 9.17) is 11.5 Å². The number of carboxylic acids is 3. The summed E-state index contributed by atoms with van der Waals surface area (Å²) in [5.74, 6) is -2.92. The van der Waals surface area contributed by atoms with E-state index in [1.54, 1.807) is 14.7 Å². The maximum absolute atomic E-state index is 11.3. The minimum absolute atomic E-state index is 0.0313. The van der Waals surface area contributed by atoms with Crippen LogP contribution in [0.2, 0.25) is 0 Å². The second kappa shape index (κ2) is 14.6. The average molecular weight is 460 g/mol. The lowest BCUT2D eigenvalue weighted by Gasteiger charge is -2.32. The molecule has 1 fully saturated rings. The van der Waals surface area contributed by atoms with Crippen molar-refractivity contribution in [3.8, 4) is 0 Å². The van der Waals surface area contributed by atoms with Gasteiger partial charge in [0.2, 0.25) is 0 Å². The Morgan fingerprint density at radius 3 is 1.50 bits per heavy atom. The van der Waals surface area contributed by atoms with Gasteiger partial charge in [0.25, 0.3) is 0 Å². The number of nitrogens with zero attached hydrogens (tertiary/aromatic N) is 5. The van der Waals surface area contributed by atoms with Gasteiger partial charge in [0.1, 0.15) is 6.17 Å². The molecule has 0 aromatic rings. The number of nitrogens with two attached hydrogens (primary N) is 2. The Kier molecular flexibility index (Phi) is 12.5. The fourth-order valence-electron chi connectivity index (χ4n) is 3.65. The lowest BCUT2D eigenvalue weighted by molar-refractivity contribution is -0.140. The predicted molar refractivity (Wildman–Crippen MR) is 118 cm³/mol. The van der Waals surface area contributed by atoms with Crippen molar-refractivity contribution in [2.24, 2.45) is 16.5 Å². The molecule has 7 N–H and O–H groups in total. The zero-order valence-corrected chi connectivity index (χ0v) is 18.7. The standard InChI is InChI=1S/C19H37N7O6/c1-15(22-19(20)21)26-5-3-2-4-23(12-16(27)28)6-7-24(13-17(29)30)8-9-25(10-11-26)14-18(31)32/h15H,2-14H2,1H3,(H,27,28)(H,29,30)(H,31,32)(H4,20,21,22). The van der Waals surface area contributed by atoms with Crippen molar-refractivity contribution >= 4 is 23.9 Å². The number of aliphatic carboxylic acids is 3. The fourth-order valence-corrected chi connectivity index (χ4v) is 3.65. The van der Waals surface area contributed by atoms with E-state index in [1.807, 2.05) is 6.92 Å². The summed E-state index contributed by atoms with van der Waals surface area (Å²) in [5.41, 5.74) is 11.0. The first kappa shape index (κ1) is 27.6. The topological polar surface area (TPSA) is 189 Å². The molecule has 32 heavy (non-hydrogen) atoms. The molecule has 1 aliphatic rings. The van der Waals surface area contributed by atoms with Gasteiger partial charge in [0.15, 0.2) is 5.96 Å². The summed E-state index contributed by atoms with van der Waals surface area (Å²) >= 11 is 0. The Bertz CT molecular complexity index is 644. The zero-order chi connectivity index (χ0) is 24.1. The van der Waals surface area contributed by atoms with Crippen LogP contribution in [0.5, 0.6) is 0 Å². The number of rotatable bonds is 8. The predicted octanol–water partition coefficient (Wildman–Crippen LogP) is -2.14. The van der Waals surface area contributed by atoms with E-state index in [-0.39, 0.29) is 31.8 Å². The summed E-state index contributed by atoms with van der Waals surface area (Å²) in [6.45, 7) is 5.11. The van der Waals surface area contributed by atoms with Crippen LogP contribution >= 0.6 is 0 Å². The smallest absolute Gasteiger partial charge is 0.317 e. The molecule has 0 aliphatic carbocycles. The molecular formula is C19H37N7O6. The monoisotopic (exact) mass is 459 g/mol. The molecule has 0 aromatic carbocycles. The zero-order valence-electron chi connectivity index (χ0n) is 18.7. The molecule has 0 amide bonds. The Hall–Kier alpha value is -2.48. The normalized spacial score (nSPS) is 20.2. The first-order valence-electron chi connectivity index (χ1n) is 10.7. The molecule has 0 saturated carbocycles. The molecule has 0 aromatic heterocycles. The van der Waals surface area contributed by atoms with Gasteiger partial charge in [0, 0.05) is 45.8 Å². The van der Waals surface area contributed by atoms with Gasteiger partial charge in [-0.15, -0.1) is 0 Å². The molecule has 1 unspecified atom stereocenters. The first-order valence-corrected chi connectivity index (χ1v) is 10.7. The molecule has 1 atom stereocenters. The summed E-state index contributed by atoms with van der Waals surface area (Å²) in [7, 11) is 0. The van der Waals surface area contributed by atoms with Crippen LogP contribution in [0.25, 0.3) is 0 Å². The van der Waals surface area contributed by atoms with Crippen LogP contribution in [0.1, 0.15) is 19.8 Å². The second-order valence-corrected chi connectivity index (χ2v) is 7.94. The fraction of sp³-hybridized carbons (Fsp3) is 0.789. The van der Waals surface area contributed by atoms with Gasteiger partial charge in [-0.25, -0.2) is 4.99 Å². The van der Waals surface area contributed by atoms with Crippen LogP contribution in [-0.4, -0.2) is 137 Å². The quantitative estimate of drug-likeness (QED) is 0.196. The summed E-state index contributed by atoms with van der Waals surface area (Å²) in [4.78, 5) is 45.3. The highest BCUT2D eigenvalue weighted by Crippen LogP contribution is 2.07.